The second-order valence-electron chi connectivity index (χ2n) is 7.98. The largest absolute Gasteiger partial charge is 0.379 e. The van der Waals surface area contributed by atoms with Crippen molar-refractivity contribution in [2.24, 2.45) is 10.9 Å². The van der Waals surface area contributed by atoms with E-state index < -0.39 is 0 Å². The maximum absolute atomic E-state index is 5.51. The van der Waals surface area contributed by atoms with Crippen molar-refractivity contribution in [3.05, 3.63) is 48.3 Å². The lowest BCUT2D eigenvalue weighted by molar-refractivity contribution is 0.00867. The van der Waals surface area contributed by atoms with Crippen LogP contribution < -0.4 is 10.6 Å². The fourth-order valence-corrected chi connectivity index (χ4v) is 3.72. The lowest BCUT2D eigenvalue weighted by atomic mass is 10.0. The van der Waals surface area contributed by atoms with Crippen molar-refractivity contribution in [1.82, 2.24) is 25.3 Å². The molecule has 7 heteroatoms. The average molecular weight is 413 g/mol. The molecule has 1 unspecified atom stereocenters. The highest BCUT2D eigenvalue weighted by Gasteiger charge is 2.23. The predicted molar refractivity (Wildman–Crippen MR) is 122 cm³/mol. The average Bonchev–Trinajstić information content (AvgIpc) is 3.24. The summed E-state index contributed by atoms with van der Waals surface area (Å²) in [5.74, 6) is 1.44. The van der Waals surface area contributed by atoms with Crippen molar-refractivity contribution in [2.45, 2.75) is 33.2 Å². The third-order valence-electron chi connectivity index (χ3n) is 5.43. The van der Waals surface area contributed by atoms with Gasteiger partial charge in [0.2, 0.25) is 0 Å². The third kappa shape index (κ3) is 6.57. The van der Waals surface area contributed by atoms with E-state index in [4.69, 9.17) is 9.73 Å². The quantitative estimate of drug-likeness (QED) is 0.489. The van der Waals surface area contributed by atoms with Gasteiger partial charge in [0.15, 0.2) is 5.96 Å². The molecule has 30 heavy (non-hydrogen) atoms. The standard InChI is InChI=1S/C23H36N6O/c1-4-24-23(26-17-22(19(2)3)28-12-14-30-15-13-28)25-11-10-20-16-27-29(18-20)21-8-6-5-7-9-21/h5-9,16,18-19,22H,4,10-15,17H2,1-3H3,(H2,24,25,26). The van der Waals surface area contributed by atoms with Crippen LogP contribution in [0.4, 0.5) is 0 Å². The van der Waals surface area contributed by atoms with E-state index in [0.29, 0.717) is 12.0 Å². The Balaban J connectivity index is 1.52. The Morgan fingerprint density at radius 3 is 2.63 bits per heavy atom. The number of guanidine groups is 1. The summed E-state index contributed by atoms with van der Waals surface area (Å²) in [5.41, 5.74) is 2.28. The molecule has 1 saturated heterocycles. The summed E-state index contributed by atoms with van der Waals surface area (Å²) in [6.07, 6.45) is 4.93. The summed E-state index contributed by atoms with van der Waals surface area (Å²) in [6.45, 7) is 12.7. The van der Waals surface area contributed by atoms with E-state index in [2.05, 4.69) is 59.7 Å². The maximum Gasteiger partial charge on any atom is 0.191 e. The molecule has 0 aliphatic carbocycles. The number of nitrogens with one attached hydrogen (secondary N) is 2. The van der Waals surface area contributed by atoms with Crippen LogP contribution >= 0.6 is 0 Å². The first-order valence-electron chi connectivity index (χ1n) is 11.1. The molecule has 1 aliphatic rings. The van der Waals surface area contributed by atoms with Crippen molar-refractivity contribution in [3.8, 4) is 5.69 Å². The highest BCUT2D eigenvalue weighted by atomic mass is 16.5. The molecule has 1 aromatic heterocycles. The zero-order valence-corrected chi connectivity index (χ0v) is 18.6. The fraction of sp³-hybridized carbons (Fsp3) is 0.565. The van der Waals surface area contributed by atoms with E-state index in [0.717, 1.165) is 64.0 Å². The van der Waals surface area contributed by atoms with Gasteiger partial charge in [0.1, 0.15) is 0 Å². The van der Waals surface area contributed by atoms with Gasteiger partial charge in [-0.15, -0.1) is 0 Å². The lowest BCUT2D eigenvalue weighted by Gasteiger charge is -2.36. The van der Waals surface area contributed by atoms with E-state index >= 15 is 0 Å². The summed E-state index contributed by atoms with van der Waals surface area (Å²) in [4.78, 5) is 7.40. The minimum atomic E-state index is 0.438. The Bertz CT molecular complexity index is 767. The van der Waals surface area contributed by atoms with Crippen molar-refractivity contribution in [1.29, 1.82) is 0 Å². The molecular formula is C23H36N6O. The molecule has 2 aromatic rings. The van der Waals surface area contributed by atoms with Crippen LogP contribution in [-0.2, 0) is 11.2 Å². The van der Waals surface area contributed by atoms with E-state index in [1.165, 1.54) is 5.56 Å². The van der Waals surface area contributed by atoms with Crippen LogP contribution in [0.5, 0.6) is 0 Å². The minimum Gasteiger partial charge on any atom is -0.379 e. The van der Waals surface area contributed by atoms with E-state index in [-0.39, 0.29) is 0 Å². The second kappa shape index (κ2) is 11.7. The van der Waals surface area contributed by atoms with Gasteiger partial charge in [-0.25, -0.2) is 4.68 Å². The number of aliphatic imine (C=N–C) groups is 1. The first-order chi connectivity index (χ1) is 14.7. The molecule has 0 amide bonds. The van der Waals surface area contributed by atoms with Gasteiger partial charge < -0.3 is 15.4 Å². The molecule has 2 N–H and O–H groups in total. The van der Waals surface area contributed by atoms with Gasteiger partial charge in [-0.05, 0) is 37.0 Å². The lowest BCUT2D eigenvalue weighted by Crippen LogP contribution is -2.48. The number of hydrogen-bond acceptors (Lipinski definition) is 4. The van der Waals surface area contributed by atoms with Crippen molar-refractivity contribution < 1.29 is 4.74 Å². The molecule has 164 valence electrons. The van der Waals surface area contributed by atoms with Crippen LogP contribution in [0.25, 0.3) is 5.69 Å². The van der Waals surface area contributed by atoms with Crippen LogP contribution in [0.1, 0.15) is 26.3 Å². The highest BCUT2D eigenvalue weighted by molar-refractivity contribution is 5.79. The first-order valence-corrected chi connectivity index (χ1v) is 11.1. The molecule has 0 radical (unpaired) electrons. The van der Waals surface area contributed by atoms with E-state index in [1.807, 2.05) is 29.1 Å². The molecular weight excluding hydrogens is 376 g/mol. The summed E-state index contributed by atoms with van der Waals surface area (Å²) in [7, 11) is 0. The Hall–Kier alpha value is -2.38. The van der Waals surface area contributed by atoms with Crippen LogP contribution in [0.2, 0.25) is 0 Å². The number of aromatic nitrogens is 2. The van der Waals surface area contributed by atoms with Crippen LogP contribution in [0, 0.1) is 5.92 Å². The van der Waals surface area contributed by atoms with Gasteiger partial charge in [0.25, 0.3) is 0 Å². The third-order valence-corrected chi connectivity index (χ3v) is 5.43. The van der Waals surface area contributed by atoms with Gasteiger partial charge in [-0.3, -0.25) is 9.89 Å². The smallest absolute Gasteiger partial charge is 0.191 e. The number of morpholine rings is 1. The first kappa shape index (κ1) is 22.3. The van der Waals surface area contributed by atoms with Crippen LogP contribution in [0.15, 0.2) is 47.7 Å². The normalized spacial score (nSPS) is 16.6. The summed E-state index contributed by atoms with van der Waals surface area (Å²) in [6, 6.07) is 10.6. The van der Waals surface area contributed by atoms with Gasteiger partial charge >= 0.3 is 0 Å². The predicted octanol–water partition coefficient (Wildman–Crippen LogP) is 2.33. The molecule has 0 saturated carbocycles. The van der Waals surface area contributed by atoms with Crippen LogP contribution in [-0.4, -0.2) is 72.6 Å². The monoisotopic (exact) mass is 412 g/mol. The number of hydrogen-bond donors (Lipinski definition) is 2. The molecule has 1 fully saturated rings. The maximum atomic E-state index is 5.51. The van der Waals surface area contributed by atoms with Gasteiger partial charge in [0.05, 0.1) is 31.6 Å². The van der Waals surface area contributed by atoms with Crippen LogP contribution in [0.3, 0.4) is 0 Å². The summed E-state index contributed by atoms with van der Waals surface area (Å²) < 4.78 is 7.43. The van der Waals surface area contributed by atoms with Gasteiger partial charge in [-0.1, -0.05) is 32.0 Å². The van der Waals surface area contributed by atoms with E-state index in [9.17, 15) is 0 Å². The molecule has 1 aliphatic heterocycles. The number of nitrogens with zero attached hydrogens (tertiary/aromatic N) is 4. The van der Waals surface area contributed by atoms with Crippen molar-refractivity contribution in [2.75, 3.05) is 45.9 Å². The molecule has 0 bridgehead atoms. The highest BCUT2D eigenvalue weighted by Crippen LogP contribution is 2.13. The Morgan fingerprint density at radius 2 is 1.93 bits per heavy atom. The molecule has 1 aromatic carbocycles. The molecule has 2 heterocycles. The summed E-state index contributed by atoms with van der Waals surface area (Å²) in [5, 5.41) is 11.3. The topological polar surface area (TPSA) is 66.7 Å². The van der Waals surface area contributed by atoms with Gasteiger partial charge in [0, 0.05) is 38.4 Å². The number of ether oxygens (including phenoxy) is 1. The number of para-hydroxylation sites is 1. The zero-order valence-electron chi connectivity index (χ0n) is 18.6. The summed E-state index contributed by atoms with van der Waals surface area (Å²) >= 11 is 0. The van der Waals surface area contributed by atoms with E-state index in [1.54, 1.807) is 0 Å². The zero-order chi connectivity index (χ0) is 21.2. The molecule has 3 rings (SSSR count). The molecule has 7 nitrogen and oxygen atoms in total. The number of rotatable bonds is 9. The Labute approximate surface area is 180 Å². The van der Waals surface area contributed by atoms with Gasteiger partial charge in [-0.2, -0.15) is 5.10 Å². The molecule has 0 spiro atoms. The number of benzene rings is 1. The molecule has 1 atom stereocenters. The fourth-order valence-electron chi connectivity index (χ4n) is 3.72. The SMILES string of the molecule is CCNC(=NCC(C(C)C)N1CCOCC1)NCCc1cnn(-c2ccccc2)c1. The minimum absolute atomic E-state index is 0.438. The Kier molecular flexibility index (Phi) is 8.71. The van der Waals surface area contributed by atoms with Crippen molar-refractivity contribution in [3.63, 3.8) is 0 Å². The Morgan fingerprint density at radius 1 is 1.17 bits per heavy atom. The van der Waals surface area contributed by atoms with Crippen molar-refractivity contribution >= 4 is 5.96 Å². The second-order valence-corrected chi connectivity index (χ2v) is 7.98.